The Bertz CT molecular complexity index is 3160. The molecule has 0 N–H and O–H groups in total. The fourth-order valence-electron chi connectivity index (χ4n) is 10.6. The molecule has 57 heavy (non-hydrogen) atoms. The Hall–Kier alpha value is -6.35. The van der Waals surface area contributed by atoms with Crippen molar-refractivity contribution in [2.75, 3.05) is 0 Å². The van der Waals surface area contributed by atoms with E-state index in [2.05, 4.69) is 183 Å². The summed E-state index contributed by atoms with van der Waals surface area (Å²) in [4.78, 5) is 5.76. The fourth-order valence-corrected chi connectivity index (χ4v) is 11.8. The molecule has 8 aromatic carbocycles. The molecule has 2 heteroatoms. The lowest BCUT2D eigenvalue weighted by molar-refractivity contribution is 0.427. The van der Waals surface area contributed by atoms with Crippen molar-refractivity contribution in [1.29, 1.82) is 0 Å². The molecular formula is C55H39NS. The highest BCUT2D eigenvalue weighted by Gasteiger charge is 2.43. The van der Waals surface area contributed by atoms with Crippen molar-refractivity contribution in [3.8, 4) is 22.3 Å². The molecule has 0 radical (unpaired) electrons. The van der Waals surface area contributed by atoms with Gasteiger partial charge in [-0.05, 0) is 133 Å². The second-order valence-corrected chi connectivity index (χ2v) is 17.1. The summed E-state index contributed by atoms with van der Waals surface area (Å²) in [5.41, 5.74) is 18.3. The number of thiophene rings is 1. The molecule has 0 bridgehead atoms. The molecule has 0 saturated carbocycles. The number of nitrogens with zero attached hydrogens (tertiary/aromatic N) is 1. The number of rotatable bonds is 4. The maximum Gasteiger partial charge on any atom is 0.0668 e. The Morgan fingerprint density at radius 1 is 0.561 bits per heavy atom. The molecule has 1 aromatic heterocycles. The molecule has 0 fully saturated rings. The van der Waals surface area contributed by atoms with Crippen molar-refractivity contribution >= 4 is 65.3 Å². The van der Waals surface area contributed by atoms with Crippen LogP contribution in [0.3, 0.4) is 0 Å². The molecule has 0 amide bonds. The topological polar surface area (TPSA) is 12.4 Å². The van der Waals surface area contributed by atoms with Gasteiger partial charge in [-0.1, -0.05) is 146 Å². The van der Waals surface area contributed by atoms with Crippen molar-refractivity contribution in [2.24, 2.45) is 10.9 Å². The first-order chi connectivity index (χ1) is 28.2. The van der Waals surface area contributed by atoms with Crippen LogP contribution in [0.2, 0.25) is 0 Å². The number of hydrogen-bond acceptors (Lipinski definition) is 2. The third-order valence-corrected chi connectivity index (χ3v) is 14.2. The summed E-state index contributed by atoms with van der Waals surface area (Å²) < 4.78 is 2.74. The summed E-state index contributed by atoms with van der Waals surface area (Å²) in [6, 6.07) is 63.5. The van der Waals surface area contributed by atoms with Crippen molar-refractivity contribution < 1.29 is 0 Å². The normalized spacial score (nSPS) is 18.6. The fraction of sp³-hybridized carbons (Fsp3) is 0.109. The molecule has 270 valence electrons. The van der Waals surface area contributed by atoms with E-state index in [4.69, 9.17) is 4.99 Å². The van der Waals surface area contributed by atoms with Crippen LogP contribution in [0.4, 0.5) is 5.69 Å². The quantitative estimate of drug-likeness (QED) is 0.170. The van der Waals surface area contributed by atoms with Crippen LogP contribution in [-0.2, 0) is 6.42 Å². The largest absolute Gasteiger partial charge is 0.252 e. The van der Waals surface area contributed by atoms with Crippen LogP contribution in [-0.4, -0.2) is 5.71 Å². The number of hydrogen-bond donors (Lipinski definition) is 0. The third-order valence-electron chi connectivity index (χ3n) is 13.1. The zero-order chi connectivity index (χ0) is 37.6. The van der Waals surface area contributed by atoms with Crippen LogP contribution in [0.25, 0.3) is 64.8 Å². The summed E-state index contributed by atoms with van der Waals surface area (Å²) >= 11 is 1.94. The van der Waals surface area contributed by atoms with Gasteiger partial charge in [0.05, 0.1) is 11.4 Å². The number of aliphatic imine (C=N–C) groups is 1. The van der Waals surface area contributed by atoms with Crippen LogP contribution in [0.1, 0.15) is 64.1 Å². The lowest BCUT2D eigenvalue weighted by Gasteiger charge is -2.41. The van der Waals surface area contributed by atoms with Crippen LogP contribution < -0.4 is 0 Å². The van der Waals surface area contributed by atoms with Gasteiger partial charge < -0.3 is 0 Å². The summed E-state index contributed by atoms with van der Waals surface area (Å²) in [6.45, 7) is 2.39. The average molecular weight is 746 g/mol. The molecule has 2 heterocycles. The Kier molecular flexibility index (Phi) is 7.40. The van der Waals surface area contributed by atoms with Gasteiger partial charge in [-0.15, -0.1) is 11.3 Å². The molecule has 12 rings (SSSR count). The van der Waals surface area contributed by atoms with Gasteiger partial charge in [0.1, 0.15) is 0 Å². The van der Waals surface area contributed by atoms with Gasteiger partial charge in [-0.2, -0.15) is 0 Å². The number of para-hydroxylation sites is 1. The van der Waals surface area contributed by atoms with Crippen molar-refractivity contribution in [3.05, 3.63) is 209 Å². The molecular weight excluding hydrogens is 707 g/mol. The summed E-state index contributed by atoms with van der Waals surface area (Å²) in [7, 11) is 0. The maximum absolute atomic E-state index is 5.76. The molecule has 1 nitrogen and oxygen atoms in total. The Balaban J connectivity index is 1.07. The van der Waals surface area contributed by atoms with E-state index in [0.717, 1.165) is 18.5 Å². The van der Waals surface area contributed by atoms with Crippen LogP contribution in [0.15, 0.2) is 175 Å². The molecule has 0 saturated heterocycles. The molecule has 0 spiro atoms. The molecule has 3 unspecified atom stereocenters. The first-order valence-corrected chi connectivity index (χ1v) is 21.2. The number of fused-ring (bicyclic) bond motifs is 11. The molecule has 2 aliphatic carbocycles. The van der Waals surface area contributed by atoms with Crippen LogP contribution >= 0.6 is 11.3 Å². The van der Waals surface area contributed by atoms with Crippen molar-refractivity contribution in [3.63, 3.8) is 0 Å². The first-order valence-electron chi connectivity index (χ1n) is 20.4. The zero-order valence-electron chi connectivity index (χ0n) is 31.7. The van der Waals surface area contributed by atoms with E-state index in [1.165, 1.54) is 103 Å². The van der Waals surface area contributed by atoms with Gasteiger partial charge in [-0.25, -0.2) is 0 Å². The number of benzene rings is 8. The van der Waals surface area contributed by atoms with Gasteiger partial charge >= 0.3 is 0 Å². The highest BCUT2D eigenvalue weighted by Crippen LogP contribution is 2.55. The highest BCUT2D eigenvalue weighted by molar-refractivity contribution is 7.25. The summed E-state index contributed by atoms with van der Waals surface area (Å²) in [6.07, 6.45) is 4.38. The molecule has 3 aliphatic rings. The van der Waals surface area contributed by atoms with Crippen molar-refractivity contribution in [2.45, 2.75) is 31.6 Å². The van der Waals surface area contributed by atoms with Gasteiger partial charge in [0, 0.05) is 31.7 Å². The summed E-state index contributed by atoms with van der Waals surface area (Å²) in [5.74, 6) is 0.760. The van der Waals surface area contributed by atoms with E-state index in [-0.39, 0.29) is 11.8 Å². The van der Waals surface area contributed by atoms with E-state index in [1.807, 2.05) is 11.3 Å². The molecule has 3 atom stereocenters. The van der Waals surface area contributed by atoms with E-state index >= 15 is 0 Å². The minimum absolute atomic E-state index is 0.184. The SMILES string of the molecule is CCC1c2ccccc2N=C(c2cccc3c2-c2ccccc2/C3=C\c2ccccc2)C1C1Cc2cc3sc4cc5ccccc5cc4c3cc2-c2ccccc21. The van der Waals surface area contributed by atoms with Gasteiger partial charge in [0.15, 0.2) is 0 Å². The summed E-state index contributed by atoms with van der Waals surface area (Å²) in [5, 5.41) is 5.33. The Labute approximate surface area is 337 Å². The predicted molar refractivity (Wildman–Crippen MR) is 243 cm³/mol. The third kappa shape index (κ3) is 5.03. The van der Waals surface area contributed by atoms with Gasteiger partial charge in [0.25, 0.3) is 0 Å². The Morgan fingerprint density at radius 3 is 2.05 bits per heavy atom. The lowest BCUT2D eigenvalue weighted by atomic mass is 9.63. The maximum atomic E-state index is 5.76. The second-order valence-electron chi connectivity index (χ2n) is 16.0. The van der Waals surface area contributed by atoms with Gasteiger partial charge in [-0.3, -0.25) is 4.99 Å². The first kappa shape index (κ1) is 32.9. The monoisotopic (exact) mass is 745 g/mol. The van der Waals surface area contributed by atoms with E-state index in [0.29, 0.717) is 5.92 Å². The predicted octanol–water partition coefficient (Wildman–Crippen LogP) is 15.0. The van der Waals surface area contributed by atoms with E-state index in [9.17, 15) is 0 Å². The van der Waals surface area contributed by atoms with Crippen LogP contribution in [0, 0.1) is 5.92 Å². The minimum atomic E-state index is 0.184. The van der Waals surface area contributed by atoms with Crippen LogP contribution in [0.5, 0.6) is 0 Å². The van der Waals surface area contributed by atoms with E-state index in [1.54, 1.807) is 0 Å². The van der Waals surface area contributed by atoms with E-state index < -0.39 is 0 Å². The molecule has 1 aliphatic heterocycles. The van der Waals surface area contributed by atoms with Gasteiger partial charge in [0.2, 0.25) is 0 Å². The zero-order valence-corrected chi connectivity index (χ0v) is 32.6. The smallest absolute Gasteiger partial charge is 0.0668 e. The minimum Gasteiger partial charge on any atom is -0.252 e. The van der Waals surface area contributed by atoms with Crippen molar-refractivity contribution in [1.82, 2.24) is 0 Å². The highest BCUT2D eigenvalue weighted by atomic mass is 32.1. The Morgan fingerprint density at radius 2 is 1.21 bits per heavy atom. The lowest BCUT2D eigenvalue weighted by Crippen LogP contribution is -2.34. The molecule has 9 aromatic rings. The second kappa shape index (κ2) is 12.8. The average Bonchev–Trinajstić information content (AvgIpc) is 3.78. The standard InChI is InChI=1S/C55H39NS/c1-2-37-41-22-12-13-26-50(41)56-55(44-25-14-24-43-46(27-33-15-4-3-5-16-33)40-21-10-11-23-42(40)53(43)44)54(37)49-29-36-31-52-48(32-45(36)38-19-8-9-20-39(38)49)47-28-34-17-6-7-18-35(34)30-51(47)57-52/h3-28,30-32,37,49,54H,2,29H2,1H3/b46-27+.